The number of hydrogen-bond donors (Lipinski definition) is 0. The summed E-state index contributed by atoms with van der Waals surface area (Å²) in [5.41, 5.74) is 0. The molecule has 0 aliphatic carbocycles. The Hall–Kier alpha value is -1.03. The molecule has 0 N–H and O–H groups in total. The van der Waals surface area contributed by atoms with Gasteiger partial charge in [0.05, 0.1) is 12.5 Å². The third-order valence-electron chi connectivity index (χ3n) is 6.90. The standard InChI is InChI=1S/C30H55O4/c1-3-5-7-9-11-16-20-24-28(32)27(23-19-15-13-14-18-22-26-31)30(34)29(33)25-21-17-12-10-8-6-4-2/h27H,3-26H2,1-2H3. The van der Waals surface area contributed by atoms with Gasteiger partial charge < -0.3 is 0 Å². The van der Waals surface area contributed by atoms with E-state index in [0.29, 0.717) is 19.3 Å². The van der Waals surface area contributed by atoms with Gasteiger partial charge in [0.25, 0.3) is 0 Å². The van der Waals surface area contributed by atoms with Crippen LogP contribution >= 0.6 is 0 Å². The van der Waals surface area contributed by atoms with Crippen LogP contribution in [0.1, 0.15) is 162 Å². The Bertz CT molecular complexity index is 500. The van der Waals surface area contributed by atoms with Crippen LogP contribution in [0.5, 0.6) is 0 Å². The highest BCUT2D eigenvalue weighted by molar-refractivity contribution is 6.41. The Balaban J connectivity index is 4.46. The van der Waals surface area contributed by atoms with Gasteiger partial charge in [0, 0.05) is 12.8 Å². The van der Waals surface area contributed by atoms with Gasteiger partial charge in [-0.05, 0) is 25.7 Å². The molecule has 1 radical (unpaired) electrons. The number of rotatable bonds is 27. The van der Waals surface area contributed by atoms with Gasteiger partial charge in [0.1, 0.15) is 5.78 Å². The molecule has 0 aromatic rings. The fourth-order valence-electron chi connectivity index (χ4n) is 4.59. The van der Waals surface area contributed by atoms with Crippen LogP contribution in [0.2, 0.25) is 0 Å². The number of Topliss-reactive ketones (excluding diaryl/α,β-unsaturated/α-hetero) is 3. The number of carbonyl (C=O) groups is 3. The summed E-state index contributed by atoms with van der Waals surface area (Å²) in [6.45, 7) is 4.40. The van der Waals surface area contributed by atoms with Gasteiger partial charge >= 0.3 is 0 Å². The quantitative estimate of drug-likeness (QED) is 0.0671. The number of hydrogen-bond acceptors (Lipinski definition) is 3. The smallest absolute Gasteiger partial charge is 0.208 e. The molecule has 0 bridgehead atoms. The predicted molar refractivity (Wildman–Crippen MR) is 142 cm³/mol. The number of unbranched alkanes of at least 4 members (excludes halogenated alkanes) is 17. The van der Waals surface area contributed by atoms with Gasteiger partial charge in [0.15, 0.2) is 5.78 Å². The Kier molecular flexibility index (Phi) is 24.3. The number of carbonyl (C=O) groups excluding carboxylic acids is 3. The van der Waals surface area contributed by atoms with Crippen LogP contribution in [-0.2, 0) is 19.5 Å². The summed E-state index contributed by atoms with van der Waals surface area (Å²) in [4.78, 5) is 38.4. The third kappa shape index (κ3) is 19.3. The first-order valence-corrected chi connectivity index (χ1v) is 14.8. The molecule has 34 heavy (non-hydrogen) atoms. The second-order valence-electron chi connectivity index (χ2n) is 10.2. The Morgan fingerprint density at radius 3 is 1.41 bits per heavy atom. The third-order valence-corrected chi connectivity index (χ3v) is 6.90. The molecule has 1 unspecified atom stereocenters. The molecule has 0 rings (SSSR count). The van der Waals surface area contributed by atoms with Crippen LogP contribution in [-0.4, -0.2) is 24.0 Å². The molecule has 0 saturated carbocycles. The van der Waals surface area contributed by atoms with E-state index >= 15 is 0 Å². The van der Waals surface area contributed by atoms with Crippen LogP contribution in [0, 0.1) is 5.92 Å². The summed E-state index contributed by atoms with van der Waals surface area (Å²) in [5, 5.41) is 10.5. The maximum absolute atomic E-state index is 12.9. The highest BCUT2D eigenvalue weighted by Gasteiger charge is 2.29. The molecule has 0 aliphatic rings. The van der Waals surface area contributed by atoms with Crippen molar-refractivity contribution in [2.24, 2.45) is 5.92 Å². The molecule has 0 heterocycles. The van der Waals surface area contributed by atoms with Gasteiger partial charge in [-0.15, -0.1) is 0 Å². The van der Waals surface area contributed by atoms with Crippen molar-refractivity contribution in [2.75, 3.05) is 6.61 Å². The molecule has 4 nitrogen and oxygen atoms in total. The second-order valence-corrected chi connectivity index (χ2v) is 10.2. The molecule has 0 aromatic heterocycles. The van der Waals surface area contributed by atoms with E-state index in [1.807, 2.05) is 0 Å². The highest BCUT2D eigenvalue weighted by atomic mass is 16.3. The lowest BCUT2D eigenvalue weighted by Gasteiger charge is -2.14. The molecule has 0 fully saturated rings. The van der Waals surface area contributed by atoms with Gasteiger partial charge in [-0.1, -0.05) is 123 Å². The van der Waals surface area contributed by atoms with Gasteiger partial charge in [0.2, 0.25) is 5.78 Å². The van der Waals surface area contributed by atoms with E-state index in [4.69, 9.17) is 0 Å². The van der Waals surface area contributed by atoms with Crippen molar-refractivity contribution in [3.05, 3.63) is 0 Å². The summed E-state index contributed by atoms with van der Waals surface area (Å²) in [6.07, 6.45) is 22.5. The highest BCUT2D eigenvalue weighted by Crippen LogP contribution is 2.20. The second kappa shape index (κ2) is 25.1. The topological polar surface area (TPSA) is 71.1 Å². The first-order chi connectivity index (χ1) is 16.6. The minimum absolute atomic E-state index is 0.00939. The monoisotopic (exact) mass is 479 g/mol. The average Bonchev–Trinajstić information content (AvgIpc) is 2.84. The molecule has 0 aliphatic heterocycles. The fourth-order valence-corrected chi connectivity index (χ4v) is 4.59. The minimum Gasteiger partial charge on any atom is -0.299 e. The van der Waals surface area contributed by atoms with Crippen LogP contribution < -0.4 is 0 Å². The molecule has 0 amide bonds. The molecule has 0 saturated heterocycles. The van der Waals surface area contributed by atoms with E-state index in [1.165, 1.54) is 51.4 Å². The normalized spacial score (nSPS) is 12.1. The first kappa shape index (κ1) is 33.0. The Morgan fingerprint density at radius 1 is 0.500 bits per heavy atom. The minimum atomic E-state index is -0.723. The van der Waals surface area contributed by atoms with Crippen molar-refractivity contribution in [2.45, 2.75) is 162 Å². The summed E-state index contributed by atoms with van der Waals surface area (Å²) in [5.74, 6) is -1.50. The molecule has 0 spiro atoms. The van der Waals surface area contributed by atoms with E-state index < -0.39 is 11.7 Å². The van der Waals surface area contributed by atoms with E-state index in [1.54, 1.807) is 0 Å². The van der Waals surface area contributed by atoms with Crippen LogP contribution in [0.15, 0.2) is 0 Å². The van der Waals surface area contributed by atoms with Crippen molar-refractivity contribution in [3.8, 4) is 0 Å². The molecule has 1 atom stereocenters. The van der Waals surface area contributed by atoms with Crippen molar-refractivity contribution in [1.82, 2.24) is 0 Å². The lowest BCUT2D eigenvalue weighted by Crippen LogP contribution is -2.30. The van der Waals surface area contributed by atoms with Gasteiger partial charge in [-0.25, -0.2) is 5.11 Å². The zero-order chi connectivity index (χ0) is 25.3. The van der Waals surface area contributed by atoms with Crippen LogP contribution in [0.4, 0.5) is 0 Å². The zero-order valence-electron chi connectivity index (χ0n) is 22.7. The Labute approximate surface area is 211 Å². The van der Waals surface area contributed by atoms with E-state index in [2.05, 4.69) is 13.8 Å². The maximum Gasteiger partial charge on any atom is 0.208 e. The first-order valence-electron chi connectivity index (χ1n) is 14.8. The molecular formula is C30H55O4. The average molecular weight is 480 g/mol. The number of ketones is 3. The summed E-state index contributed by atoms with van der Waals surface area (Å²) in [6, 6.07) is 0. The summed E-state index contributed by atoms with van der Waals surface area (Å²) < 4.78 is 0. The van der Waals surface area contributed by atoms with Crippen molar-refractivity contribution in [1.29, 1.82) is 0 Å². The Morgan fingerprint density at radius 2 is 0.912 bits per heavy atom. The van der Waals surface area contributed by atoms with Crippen molar-refractivity contribution >= 4 is 17.3 Å². The van der Waals surface area contributed by atoms with Crippen molar-refractivity contribution < 1.29 is 19.5 Å². The summed E-state index contributed by atoms with van der Waals surface area (Å²) >= 11 is 0. The maximum atomic E-state index is 12.9. The molecular weight excluding hydrogens is 424 g/mol. The van der Waals surface area contributed by atoms with Crippen molar-refractivity contribution in [3.63, 3.8) is 0 Å². The lowest BCUT2D eigenvalue weighted by molar-refractivity contribution is -0.143. The molecule has 199 valence electrons. The SMILES string of the molecule is CCCCCCCCCC(=O)C(=O)C(CCCCCCCC[O])C(=O)CCCCCCCCC. The van der Waals surface area contributed by atoms with E-state index in [0.717, 1.165) is 77.0 Å². The van der Waals surface area contributed by atoms with E-state index in [-0.39, 0.29) is 18.2 Å². The van der Waals surface area contributed by atoms with Crippen LogP contribution in [0.3, 0.4) is 0 Å². The zero-order valence-corrected chi connectivity index (χ0v) is 22.7. The fraction of sp³-hybridized carbons (Fsp3) is 0.900. The predicted octanol–water partition coefficient (Wildman–Crippen LogP) is 8.75. The lowest BCUT2D eigenvalue weighted by atomic mass is 9.86. The molecule has 4 heteroatoms. The van der Waals surface area contributed by atoms with E-state index in [9.17, 15) is 19.5 Å². The van der Waals surface area contributed by atoms with Crippen LogP contribution in [0.25, 0.3) is 0 Å². The van der Waals surface area contributed by atoms with Gasteiger partial charge in [-0.3, -0.25) is 14.4 Å². The molecule has 0 aromatic carbocycles. The largest absolute Gasteiger partial charge is 0.299 e. The van der Waals surface area contributed by atoms with Gasteiger partial charge in [-0.2, -0.15) is 0 Å². The summed E-state index contributed by atoms with van der Waals surface area (Å²) in [7, 11) is 0.